The van der Waals surface area contributed by atoms with Crippen molar-refractivity contribution in [3.8, 4) is 0 Å². The summed E-state index contributed by atoms with van der Waals surface area (Å²) in [5, 5.41) is 0.807. The van der Waals surface area contributed by atoms with Crippen LogP contribution in [0.4, 0.5) is 0 Å². The molecule has 1 N–H and O–H groups in total. The lowest BCUT2D eigenvalue weighted by Crippen LogP contribution is -2.33. The first kappa shape index (κ1) is 15.1. The van der Waals surface area contributed by atoms with Crippen molar-refractivity contribution in [2.24, 2.45) is 0 Å². The molecule has 1 aromatic rings. The Morgan fingerprint density at radius 2 is 2.00 bits per heavy atom. The van der Waals surface area contributed by atoms with Crippen LogP contribution in [0.2, 0.25) is 13.1 Å². The summed E-state index contributed by atoms with van der Waals surface area (Å²) in [6.07, 6.45) is 3.26. The Morgan fingerprint density at radius 1 is 1.39 bits per heavy atom. The fourth-order valence-electron chi connectivity index (χ4n) is 2.14. The van der Waals surface area contributed by atoms with Crippen LogP contribution in [0.15, 0.2) is 29.7 Å². The van der Waals surface area contributed by atoms with Gasteiger partial charge < -0.3 is 0 Å². The van der Waals surface area contributed by atoms with Gasteiger partial charge in [-0.05, 0) is 35.2 Å². The van der Waals surface area contributed by atoms with Crippen molar-refractivity contribution in [2.45, 2.75) is 37.8 Å². The van der Waals surface area contributed by atoms with Gasteiger partial charge in [-0.3, -0.25) is 4.55 Å². The molecule has 1 radical (unpaired) electrons. The monoisotopic (exact) mass is 283 g/mol. The molecule has 0 aliphatic rings. The van der Waals surface area contributed by atoms with Crippen molar-refractivity contribution in [3.63, 3.8) is 0 Å². The molecule has 0 aliphatic carbocycles. The van der Waals surface area contributed by atoms with Gasteiger partial charge in [0.25, 0.3) is 10.1 Å². The van der Waals surface area contributed by atoms with Gasteiger partial charge in [0.1, 0.15) is 0 Å². The molecule has 99 valence electrons. The molecule has 0 amide bonds. The highest BCUT2D eigenvalue weighted by atomic mass is 32.2. The van der Waals surface area contributed by atoms with Crippen LogP contribution in [0.5, 0.6) is 0 Å². The number of benzene rings is 1. The van der Waals surface area contributed by atoms with E-state index < -0.39 is 18.9 Å². The molecule has 0 saturated carbocycles. The second-order valence-corrected chi connectivity index (χ2v) is 8.29. The zero-order valence-electron chi connectivity index (χ0n) is 11.0. The highest BCUT2D eigenvalue weighted by Crippen LogP contribution is 2.17. The molecule has 0 aliphatic heterocycles. The van der Waals surface area contributed by atoms with Crippen LogP contribution in [0.25, 0.3) is 0 Å². The van der Waals surface area contributed by atoms with Crippen molar-refractivity contribution >= 4 is 24.1 Å². The molecule has 0 bridgehead atoms. The van der Waals surface area contributed by atoms with Crippen LogP contribution in [0.3, 0.4) is 0 Å². The van der Waals surface area contributed by atoms with E-state index in [1.54, 1.807) is 12.1 Å². The topological polar surface area (TPSA) is 54.4 Å². The molecule has 1 aromatic carbocycles. The third-order valence-electron chi connectivity index (χ3n) is 2.88. The first-order valence-electron chi connectivity index (χ1n) is 5.86. The molecule has 0 heterocycles. The molecular weight excluding hydrogens is 264 g/mol. The van der Waals surface area contributed by atoms with Crippen molar-refractivity contribution in [1.29, 1.82) is 0 Å². The maximum atomic E-state index is 11.5. The molecule has 1 rings (SSSR count). The van der Waals surface area contributed by atoms with Crippen LogP contribution < -0.4 is 5.19 Å². The zero-order chi connectivity index (χ0) is 13.9. The van der Waals surface area contributed by atoms with Gasteiger partial charge in [-0.2, -0.15) is 8.42 Å². The van der Waals surface area contributed by atoms with E-state index in [0.29, 0.717) is 6.42 Å². The largest absolute Gasteiger partial charge is 0.294 e. The zero-order valence-corrected chi connectivity index (χ0v) is 12.8. The lowest BCUT2D eigenvalue weighted by atomic mass is 10.0. The Morgan fingerprint density at radius 3 is 2.39 bits per heavy atom. The van der Waals surface area contributed by atoms with E-state index in [-0.39, 0.29) is 4.90 Å². The lowest BCUT2D eigenvalue weighted by Gasteiger charge is -2.18. The van der Waals surface area contributed by atoms with Crippen molar-refractivity contribution < 1.29 is 13.0 Å². The third kappa shape index (κ3) is 3.10. The Hall–Kier alpha value is -0.913. The fourth-order valence-corrected chi connectivity index (χ4v) is 5.20. The Labute approximate surface area is 111 Å². The molecule has 0 atom stereocenters. The number of aryl methyl sites for hydroxylation is 1. The van der Waals surface area contributed by atoms with E-state index in [1.807, 2.05) is 20.0 Å². The second-order valence-electron chi connectivity index (χ2n) is 4.40. The van der Waals surface area contributed by atoms with Crippen LogP contribution in [-0.2, 0) is 23.0 Å². The van der Waals surface area contributed by atoms with Gasteiger partial charge in [-0.1, -0.05) is 32.2 Å². The minimum absolute atomic E-state index is 0.0652. The van der Waals surface area contributed by atoms with E-state index in [4.69, 9.17) is 0 Å². The van der Waals surface area contributed by atoms with Crippen LogP contribution in [0.1, 0.15) is 18.1 Å². The summed E-state index contributed by atoms with van der Waals surface area (Å²) in [6.45, 7) is 9.82. The highest BCUT2D eigenvalue weighted by molar-refractivity contribution is 7.86. The number of allylic oxidation sites excluding steroid dienone is 1. The van der Waals surface area contributed by atoms with Crippen molar-refractivity contribution in [1.82, 2.24) is 0 Å². The predicted octanol–water partition coefficient (Wildman–Crippen LogP) is 2.19. The van der Waals surface area contributed by atoms with Gasteiger partial charge in [0.05, 0.1) is 13.7 Å². The third-order valence-corrected chi connectivity index (χ3v) is 5.53. The quantitative estimate of drug-likeness (QED) is 0.512. The summed E-state index contributed by atoms with van der Waals surface area (Å²) in [7, 11) is -5.15. The maximum absolute atomic E-state index is 11.5. The van der Waals surface area contributed by atoms with Gasteiger partial charge in [-0.15, -0.1) is 6.58 Å². The molecule has 0 fully saturated rings. The molecule has 0 aromatic heterocycles. The minimum atomic E-state index is -4.15. The Kier molecular flexibility index (Phi) is 4.90. The summed E-state index contributed by atoms with van der Waals surface area (Å²) < 4.78 is 32.3. The van der Waals surface area contributed by atoms with E-state index in [9.17, 15) is 13.0 Å². The SMILES string of the molecule is C=CCc1c(CC)ccc(S(=O)(=O)O)c1[Si](C)C. The van der Waals surface area contributed by atoms with E-state index in [1.165, 1.54) is 6.07 Å². The molecule has 0 spiro atoms. The number of hydrogen-bond acceptors (Lipinski definition) is 2. The molecule has 0 unspecified atom stereocenters. The first-order valence-corrected chi connectivity index (χ1v) is 9.80. The average Bonchev–Trinajstić information content (AvgIpc) is 2.27. The molecule has 0 saturated heterocycles. The highest BCUT2D eigenvalue weighted by Gasteiger charge is 2.22. The smallest absolute Gasteiger partial charge is 0.282 e. The van der Waals surface area contributed by atoms with Crippen molar-refractivity contribution in [2.75, 3.05) is 0 Å². The first-order chi connectivity index (χ1) is 8.32. The van der Waals surface area contributed by atoms with Gasteiger partial charge in [0.15, 0.2) is 0 Å². The van der Waals surface area contributed by atoms with Crippen LogP contribution in [-0.4, -0.2) is 21.8 Å². The van der Waals surface area contributed by atoms with Gasteiger partial charge in [-0.25, -0.2) is 0 Å². The van der Waals surface area contributed by atoms with Crippen molar-refractivity contribution in [3.05, 3.63) is 35.9 Å². The standard InChI is InChI=1S/C13H19O3SSi/c1-5-7-11-10(6-2)8-9-12(17(14,15)16)13(11)18(3)4/h5,8-9H,1,6-7H2,2-4H3,(H,14,15,16). The molecule has 3 nitrogen and oxygen atoms in total. The van der Waals surface area contributed by atoms with E-state index >= 15 is 0 Å². The average molecular weight is 283 g/mol. The Balaban J connectivity index is 3.67. The van der Waals surface area contributed by atoms with Gasteiger partial charge in [0.2, 0.25) is 0 Å². The maximum Gasteiger partial charge on any atom is 0.294 e. The molecule has 18 heavy (non-hydrogen) atoms. The fraction of sp³-hybridized carbons (Fsp3) is 0.385. The second kappa shape index (κ2) is 5.82. The van der Waals surface area contributed by atoms with Crippen LogP contribution >= 0.6 is 0 Å². The normalized spacial score (nSPS) is 11.8. The molecule has 5 heteroatoms. The summed E-state index contributed by atoms with van der Waals surface area (Å²) in [6, 6.07) is 3.31. The summed E-state index contributed by atoms with van der Waals surface area (Å²) in [5.41, 5.74) is 2.14. The number of hydrogen-bond donors (Lipinski definition) is 1. The predicted molar refractivity (Wildman–Crippen MR) is 76.7 cm³/mol. The van der Waals surface area contributed by atoms with Gasteiger partial charge in [0, 0.05) is 0 Å². The summed E-state index contributed by atoms with van der Waals surface area (Å²) in [4.78, 5) is 0.0652. The lowest BCUT2D eigenvalue weighted by molar-refractivity contribution is 0.483. The number of rotatable bonds is 5. The molecular formula is C13H19O3SSi. The van der Waals surface area contributed by atoms with Gasteiger partial charge >= 0.3 is 0 Å². The minimum Gasteiger partial charge on any atom is -0.282 e. The summed E-state index contributed by atoms with van der Waals surface area (Å²) in [5.74, 6) is 0. The Bertz CT molecular complexity index is 548. The van der Waals surface area contributed by atoms with E-state index in [0.717, 1.165) is 22.7 Å². The summed E-state index contributed by atoms with van der Waals surface area (Å²) >= 11 is 0. The van der Waals surface area contributed by atoms with E-state index in [2.05, 4.69) is 6.58 Å². The van der Waals surface area contributed by atoms with Crippen LogP contribution in [0, 0.1) is 0 Å².